The van der Waals surface area contributed by atoms with E-state index in [1.165, 1.54) is 5.56 Å². The second kappa shape index (κ2) is 6.23. The first-order chi connectivity index (χ1) is 7.09. The van der Waals surface area contributed by atoms with E-state index in [2.05, 4.69) is 4.90 Å². The van der Waals surface area contributed by atoms with Crippen molar-refractivity contribution in [1.82, 2.24) is 4.90 Å². The number of thiophene rings is 1. The Morgan fingerprint density at radius 1 is 1.53 bits per heavy atom. The lowest BCUT2D eigenvalue weighted by Crippen LogP contribution is -2.19. The topological polar surface area (TPSA) is 32.7 Å². The van der Waals surface area contributed by atoms with Gasteiger partial charge >= 0.3 is 0 Å². The van der Waals surface area contributed by atoms with Crippen LogP contribution in [0.4, 0.5) is 0 Å². The van der Waals surface area contributed by atoms with Gasteiger partial charge in [-0.2, -0.15) is 0 Å². The fourth-order valence-electron chi connectivity index (χ4n) is 1.15. The van der Waals surface area contributed by atoms with Crippen molar-refractivity contribution in [3.05, 3.63) is 21.9 Å². The van der Waals surface area contributed by atoms with E-state index in [9.17, 15) is 5.11 Å². The molecule has 3 nitrogen and oxygen atoms in total. The molecule has 0 amide bonds. The summed E-state index contributed by atoms with van der Waals surface area (Å²) in [6.45, 7) is 3.96. The van der Waals surface area contributed by atoms with Crippen LogP contribution in [0.25, 0.3) is 0 Å². The second-order valence-electron chi connectivity index (χ2n) is 3.92. The monoisotopic (exact) mass is 229 g/mol. The molecule has 0 aliphatic heterocycles. The van der Waals surface area contributed by atoms with Gasteiger partial charge in [0, 0.05) is 11.4 Å². The Labute approximate surface area is 95.3 Å². The normalized spacial score (nSPS) is 13.4. The maximum atomic E-state index is 9.77. The van der Waals surface area contributed by atoms with E-state index in [4.69, 9.17) is 4.74 Å². The fraction of sp³-hybridized carbons (Fsp3) is 0.636. The lowest BCUT2D eigenvalue weighted by Gasteiger charge is -2.12. The van der Waals surface area contributed by atoms with E-state index in [1.54, 1.807) is 11.3 Å². The average Bonchev–Trinajstić information content (AvgIpc) is 2.59. The summed E-state index contributed by atoms with van der Waals surface area (Å²) in [5.74, 6) is 0. The number of rotatable bonds is 6. The quantitative estimate of drug-likeness (QED) is 0.753. The van der Waals surface area contributed by atoms with Gasteiger partial charge < -0.3 is 14.7 Å². The smallest absolute Gasteiger partial charge is 0.111 e. The molecule has 0 saturated heterocycles. The van der Waals surface area contributed by atoms with Crippen molar-refractivity contribution in [3.63, 3.8) is 0 Å². The van der Waals surface area contributed by atoms with Crippen LogP contribution in [0, 0.1) is 6.92 Å². The van der Waals surface area contributed by atoms with Crippen LogP contribution in [0.1, 0.15) is 16.5 Å². The van der Waals surface area contributed by atoms with Crippen molar-refractivity contribution >= 4 is 11.3 Å². The SMILES string of the molecule is Cc1csc(C(O)COCCN(C)C)c1. The van der Waals surface area contributed by atoms with Crippen LogP contribution in [0.5, 0.6) is 0 Å². The van der Waals surface area contributed by atoms with Crippen LogP contribution in [0.3, 0.4) is 0 Å². The molecule has 0 saturated carbocycles. The predicted octanol–water partition coefficient (Wildman–Crippen LogP) is 1.67. The van der Waals surface area contributed by atoms with Gasteiger partial charge in [0.2, 0.25) is 0 Å². The highest BCUT2D eigenvalue weighted by Gasteiger charge is 2.09. The molecule has 1 rings (SSSR count). The molecular formula is C11H19NO2S. The molecule has 0 fully saturated rings. The van der Waals surface area contributed by atoms with Gasteiger partial charge in [0.05, 0.1) is 13.2 Å². The minimum absolute atomic E-state index is 0.383. The summed E-state index contributed by atoms with van der Waals surface area (Å²) in [4.78, 5) is 3.04. The average molecular weight is 229 g/mol. The Morgan fingerprint density at radius 3 is 2.80 bits per heavy atom. The molecular weight excluding hydrogens is 210 g/mol. The molecule has 1 unspecified atom stereocenters. The molecule has 1 N–H and O–H groups in total. The minimum Gasteiger partial charge on any atom is -0.385 e. The lowest BCUT2D eigenvalue weighted by molar-refractivity contribution is 0.0323. The van der Waals surface area contributed by atoms with Gasteiger partial charge in [0.25, 0.3) is 0 Å². The molecule has 86 valence electrons. The maximum absolute atomic E-state index is 9.77. The van der Waals surface area contributed by atoms with Gasteiger partial charge in [-0.05, 0) is 38.0 Å². The van der Waals surface area contributed by atoms with Crippen molar-refractivity contribution in [1.29, 1.82) is 0 Å². The number of nitrogens with zero attached hydrogens (tertiary/aromatic N) is 1. The number of likely N-dealkylation sites (N-methyl/N-ethyl adjacent to an activating group) is 1. The predicted molar refractivity (Wildman–Crippen MR) is 63.4 cm³/mol. The number of aliphatic hydroxyl groups excluding tert-OH is 1. The molecule has 15 heavy (non-hydrogen) atoms. The number of hydrogen-bond acceptors (Lipinski definition) is 4. The molecule has 1 heterocycles. The number of aliphatic hydroxyl groups is 1. The zero-order valence-electron chi connectivity index (χ0n) is 9.56. The van der Waals surface area contributed by atoms with E-state index in [0.717, 1.165) is 11.4 Å². The van der Waals surface area contributed by atoms with Crippen molar-refractivity contribution in [2.75, 3.05) is 33.9 Å². The largest absolute Gasteiger partial charge is 0.385 e. The van der Waals surface area contributed by atoms with Crippen molar-refractivity contribution in [2.45, 2.75) is 13.0 Å². The van der Waals surface area contributed by atoms with E-state index in [-0.39, 0.29) is 0 Å². The van der Waals surface area contributed by atoms with Crippen molar-refractivity contribution in [2.24, 2.45) is 0 Å². The van der Waals surface area contributed by atoms with Crippen LogP contribution in [0.15, 0.2) is 11.4 Å². The van der Waals surface area contributed by atoms with E-state index in [0.29, 0.717) is 13.2 Å². The summed E-state index contributed by atoms with van der Waals surface area (Å²) >= 11 is 1.58. The molecule has 0 bridgehead atoms. The summed E-state index contributed by atoms with van der Waals surface area (Å²) in [6.07, 6.45) is -0.481. The number of ether oxygens (including phenoxy) is 1. The first kappa shape index (κ1) is 12.6. The highest BCUT2D eigenvalue weighted by atomic mass is 32.1. The van der Waals surface area contributed by atoms with Crippen LogP contribution >= 0.6 is 11.3 Å². The van der Waals surface area contributed by atoms with Crippen LogP contribution < -0.4 is 0 Å². The highest BCUT2D eigenvalue weighted by molar-refractivity contribution is 7.10. The first-order valence-electron chi connectivity index (χ1n) is 5.05. The van der Waals surface area contributed by atoms with Gasteiger partial charge in [-0.1, -0.05) is 0 Å². The van der Waals surface area contributed by atoms with Gasteiger partial charge in [-0.15, -0.1) is 11.3 Å². The zero-order chi connectivity index (χ0) is 11.3. The van der Waals surface area contributed by atoms with Gasteiger partial charge in [0.15, 0.2) is 0 Å². The third-order valence-corrected chi connectivity index (χ3v) is 3.19. The zero-order valence-corrected chi connectivity index (χ0v) is 10.4. The minimum atomic E-state index is -0.481. The Balaban J connectivity index is 2.21. The van der Waals surface area contributed by atoms with Crippen LogP contribution in [-0.4, -0.2) is 43.9 Å². The second-order valence-corrected chi connectivity index (χ2v) is 4.86. The van der Waals surface area contributed by atoms with Gasteiger partial charge in [0.1, 0.15) is 6.10 Å². The fourth-order valence-corrected chi connectivity index (χ4v) is 2.02. The molecule has 0 radical (unpaired) electrons. The Kier molecular flexibility index (Phi) is 5.25. The molecule has 1 atom stereocenters. The lowest BCUT2D eigenvalue weighted by atomic mass is 10.2. The van der Waals surface area contributed by atoms with E-state index in [1.807, 2.05) is 32.5 Å². The van der Waals surface area contributed by atoms with Crippen molar-refractivity contribution < 1.29 is 9.84 Å². The maximum Gasteiger partial charge on any atom is 0.111 e. The van der Waals surface area contributed by atoms with Gasteiger partial charge in [-0.25, -0.2) is 0 Å². The molecule has 1 aromatic rings. The first-order valence-corrected chi connectivity index (χ1v) is 5.93. The van der Waals surface area contributed by atoms with E-state index < -0.39 is 6.10 Å². The molecule has 0 spiro atoms. The Hall–Kier alpha value is -0.420. The number of aryl methyl sites for hydroxylation is 1. The molecule has 4 heteroatoms. The third-order valence-electron chi connectivity index (χ3n) is 2.04. The summed E-state index contributed by atoms with van der Waals surface area (Å²) in [7, 11) is 4.00. The summed E-state index contributed by atoms with van der Waals surface area (Å²) in [5, 5.41) is 11.8. The highest BCUT2D eigenvalue weighted by Crippen LogP contribution is 2.21. The summed E-state index contributed by atoms with van der Waals surface area (Å²) < 4.78 is 5.38. The molecule has 0 aliphatic rings. The van der Waals surface area contributed by atoms with Crippen molar-refractivity contribution in [3.8, 4) is 0 Å². The number of hydrogen-bond donors (Lipinski definition) is 1. The standard InChI is InChI=1S/C11H19NO2S/c1-9-6-11(15-8-9)10(13)7-14-5-4-12(2)3/h6,8,10,13H,4-5,7H2,1-3H3. The van der Waals surface area contributed by atoms with E-state index >= 15 is 0 Å². The summed E-state index contributed by atoms with van der Waals surface area (Å²) in [6, 6.07) is 2.00. The van der Waals surface area contributed by atoms with Gasteiger partial charge in [-0.3, -0.25) is 0 Å². The summed E-state index contributed by atoms with van der Waals surface area (Å²) in [5.41, 5.74) is 1.20. The molecule has 1 aromatic heterocycles. The Morgan fingerprint density at radius 2 is 2.27 bits per heavy atom. The molecule has 0 aromatic carbocycles. The van der Waals surface area contributed by atoms with Crippen LogP contribution in [-0.2, 0) is 4.74 Å². The Bertz CT molecular complexity index is 286. The van der Waals surface area contributed by atoms with Crippen LogP contribution in [0.2, 0.25) is 0 Å². The third kappa shape index (κ3) is 4.75. The molecule has 0 aliphatic carbocycles.